The minimum absolute atomic E-state index is 0.0765. The summed E-state index contributed by atoms with van der Waals surface area (Å²) in [4.78, 5) is 28.3. The van der Waals surface area contributed by atoms with Crippen LogP contribution in [0.5, 0.6) is 11.5 Å². The Morgan fingerprint density at radius 3 is 2.31 bits per heavy atom. The maximum atomic E-state index is 13.6. The Bertz CT molecular complexity index is 1150. The third-order valence-corrected chi connectivity index (χ3v) is 6.55. The summed E-state index contributed by atoms with van der Waals surface area (Å²) in [5, 5.41) is 2.75. The van der Waals surface area contributed by atoms with Gasteiger partial charge in [0.05, 0.1) is 0 Å². The number of benzene rings is 3. The van der Waals surface area contributed by atoms with Gasteiger partial charge >= 0.3 is 0 Å². The van der Waals surface area contributed by atoms with Crippen molar-refractivity contribution >= 4 is 27.7 Å². The number of likely N-dealkylation sites (N-methyl/N-ethyl adjacent to an activating group) is 1. The molecule has 1 heterocycles. The number of aryl methyl sites for hydroxylation is 1. The summed E-state index contributed by atoms with van der Waals surface area (Å²) in [6, 6.07) is 22.8. The molecule has 6 nitrogen and oxygen atoms in total. The molecule has 1 aliphatic rings. The van der Waals surface area contributed by atoms with Crippen molar-refractivity contribution in [2.75, 3.05) is 20.3 Å². The van der Waals surface area contributed by atoms with Gasteiger partial charge in [-0.2, -0.15) is 0 Å². The summed E-state index contributed by atoms with van der Waals surface area (Å²) < 4.78 is 12.2. The van der Waals surface area contributed by atoms with Crippen molar-refractivity contribution in [2.24, 2.45) is 0 Å². The Hall–Kier alpha value is -3.32. The molecule has 1 atom stereocenters. The largest absolute Gasteiger partial charge is 0.486 e. The van der Waals surface area contributed by atoms with Crippen molar-refractivity contribution in [1.82, 2.24) is 10.2 Å². The number of amides is 2. The van der Waals surface area contributed by atoms with Crippen LogP contribution in [0.15, 0.2) is 77.3 Å². The second-order valence-electron chi connectivity index (χ2n) is 8.45. The lowest BCUT2D eigenvalue weighted by Crippen LogP contribution is -2.49. The Kier molecular flexibility index (Phi) is 8.42. The third kappa shape index (κ3) is 6.63. The maximum Gasteiger partial charge on any atom is 0.242 e. The van der Waals surface area contributed by atoms with E-state index < -0.39 is 6.04 Å². The lowest BCUT2D eigenvalue weighted by atomic mass is 10.0. The molecular formula is C28H29BrN2O4. The molecule has 3 aromatic carbocycles. The first-order valence-electron chi connectivity index (χ1n) is 11.7. The Morgan fingerprint density at radius 1 is 0.914 bits per heavy atom. The summed E-state index contributed by atoms with van der Waals surface area (Å²) in [7, 11) is 1.61. The fourth-order valence-corrected chi connectivity index (χ4v) is 4.41. The molecule has 0 saturated carbocycles. The lowest BCUT2D eigenvalue weighted by molar-refractivity contribution is -0.141. The highest BCUT2D eigenvalue weighted by atomic mass is 79.9. The van der Waals surface area contributed by atoms with Gasteiger partial charge in [-0.3, -0.25) is 9.59 Å². The molecule has 0 radical (unpaired) electrons. The zero-order valence-electron chi connectivity index (χ0n) is 19.7. The molecule has 1 N–H and O–H groups in total. The minimum Gasteiger partial charge on any atom is -0.486 e. The van der Waals surface area contributed by atoms with Gasteiger partial charge in [-0.05, 0) is 47.4 Å². The maximum absolute atomic E-state index is 13.6. The number of nitrogens with one attached hydrogen (secondary N) is 1. The molecule has 1 aliphatic heterocycles. The van der Waals surface area contributed by atoms with E-state index in [1.807, 2.05) is 72.8 Å². The van der Waals surface area contributed by atoms with Crippen LogP contribution in [0.1, 0.15) is 23.1 Å². The highest BCUT2D eigenvalue weighted by molar-refractivity contribution is 9.10. The smallest absolute Gasteiger partial charge is 0.242 e. The summed E-state index contributed by atoms with van der Waals surface area (Å²) in [5.41, 5.74) is 2.95. The van der Waals surface area contributed by atoms with E-state index in [0.29, 0.717) is 38.3 Å². The van der Waals surface area contributed by atoms with Crippen LogP contribution in [-0.2, 0) is 29.0 Å². The van der Waals surface area contributed by atoms with Gasteiger partial charge in [-0.15, -0.1) is 0 Å². The molecule has 0 fully saturated rings. The Morgan fingerprint density at radius 2 is 1.60 bits per heavy atom. The predicted molar refractivity (Wildman–Crippen MR) is 138 cm³/mol. The number of halogens is 1. The highest BCUT2D eigenvalue weighted by Crippen LogP contribution is 2.31. The van der Waals surface area contributed by atoms with Crippen LogP contribution < -0.4 is 14.8 Å². The summed E-state index contributed by atoms with van der Waals surface area (Å²) in [6.45, 7) is 1.40. The van der Waals surface area contributed by atoms with Crippen LogP contribution >= 0.6 is 15.9 Å². The highest BCUT2D eigenvalue weighted by Gasteiger charge is 2.29. The number of rotatable bonds is 9. The van der Waals surface area contributed by atoms with E-state index in [4.69, 9.17) is 9.47 Å². The fourth-order valence-electron chi connectivity index (χ4n) is 4.15. The van der Waals surface area contributed by atoms with Crippen molar-refractivity contribution in [2.45, 2.75) is 31.8 Å². The van der Waals surface area contributed by atoms with E-state index in [-0.39, 0.29) is 18.2 Å². The number of hydrogen-bond acceptors (Lipinski definition) is 4. The summed E-state index contributed by atoms with van der Waals surface area (Å²) >= 11 is 3.46. The normalized spacial score (nSPS) is 13.1. The van der Waals surface area contributed by atoms with Crippen LogP contribution in [-0.4, -0.2) is 43.0 Å². The van der Waals surface area contributed by atoms with Gasteiger partial charge in [0.25, 0.3) is 0 Å². The topological polar surface area (TPSA) is 67.9 Å². The van der Waals surface area contributed by atoms with E-state index >= 15 is 0 Å². The molecule has 4 rings (SSSR count). The molecule has 0 spiro atoms. The van der Waals surface area contributed by atoms with Crippen molar-refractivity contribution < 1.29 is 19.1 Å². The van der Waals surface area contributed by atoms with E-state index in [1.165, 1.54) is 0 Å². The molecule has 7 heteroatoms. The third-order valence-electron chi connectivity index (χ3n) is 6.02. The van der Waals surface area contributed by atoms with Crippen molar-refractivity contribution in [3.63, 3.8) is 0 Å². The molecule has 0 aliphatic carbocycles. The standard InChI is InChI=1S/C28H29BrN2O4/c1-30-28(33)24(17-20-5-3-2-4-6-20)31(19-22-7-11-23(29)12-8-22)27(32)14-10-21-9-13-25-26(18-21)35-16-15-34-25/h2-9,11-13,18,24H,10,14-17,19H2,1H3,(H,30,33). The lowest BCUT2D eigenvalue weighted by Gasteiger charge is -2.31. The molecule has 0 saturated heterocycles. The molecule has 1 unspecified atom stereocenters. The quantitative estimate of drug-likeness (QED) is 0.436. The summed E-state index contributed by atoms with van der Waals surface area (Å²) in [5.74, 6) is 1.18. The van der Waals surface area contributed by atoms with Crippen LogP contribution in [0.4, 0.5) is 0 Å². The zero-order valence-corrected chi connectivity index (χ0v) is 21.3. The number of fused-ring (bicyclic) bond motifs is 1. The first kappa shape index (κ1) is 24.8. The van der Waals surface area contributed by atoms with Gasteiger partial charge in [0.15, 0.2) is 11.5 Å². The van der Waals surface area contributed by atoms with E-state index in [0.717, 1.165) is 26.9 Å². The molecule has 2 amide bonds. The second-order valence-corrected chi connectivity index (χ2v) is 9.36. The fraction of sp³-hybridized carbons (Fsp3) is 0.286. The average Bonchev–Trinajstić information content (AvgIpc) is 2.90. The van der Waals surface area contributed by atoms with Gasteiger partial charge in [-0.1, -0.05) is 64.5 Å². The van der Waals surface area contributed by atoms with Crippen molar-refractivity contribution in [1.29, 1.82) is 0 Å². The van der Waals surface area contributed by atoms with Gasteiger partial charge < -0.3 is 19.7 Å². The van der Waals surface area contributed by atoms with E-state index in [9.17, 15) is 9.59 Å². The van der Waals surface area contributed by atoms with Gasteiger partial charge in [0.1, 0.15) is 19.3 Å². The van der Waals surface area contributed by atoms with Crippen LogP contribution in [0, 0.1) is 0 Å². The first-order chi connectivity index (χ1) is 17.0. The molecule has 3 aromatic rings. The molecule has 0 aromatic heterocycles. The van der Waals surface area contributed by atoms with E-state index in [1.54, 1.807) is 11.9 Å². The Labute approximate surface area is 214 Å². The van der Waals surface area contributed by atoms with Crippen LogP contribution in [0.3, 0.4) is 0 Å². The van der Waals surface area contributed by atoms with E-state index in [2.05, 4.69) is 21.2 Å². The van der Waals surface area contributed by atoms with Gasteiger partial charge in [0, 0.05) is 30.9 Å². The minimum atomic E-state index is -0.626. The predicted octanol–water partition coefficient (Wildman–Crippen LogP) is 4.54. The number of carbonyl (C=O) groups is 2. The van der Waals surface area contributed by atoms with Gasteiger partial charge in [-0.25, -0.2) is 0 Å². The SMILES string of the molecule is CNC(=O)C(Cc1ccccc1)N(Cc1ccc(Br)cc1)C(=O)CCc1ccc2c(c1)OCCO2. The number of carbonyl (C=O) groups excluding carboxylic acids is 2. The van der Waals surface area contributed by atoms with Crippen molar-refractivity contribution in [3.05, 3.63) is 94.0 Å². The number of ether oxygens (including phenoxy) is 2. The van der Waals surface area contributed by atoms with Crippen molar-refractivity contribution in [3.8, 4) is 11.5 Å². The van der Waals surface area contributed by atoms with Crippen LogP contribution in [0.2, 0.25) is 0 Å². The number of nitrogens with zero attached hydrogens (tertiary/aromatic N) is 1. The van der Waals surface area contributed by atoms with Crippen LogP contribution in [0.25, 0.3) is 0 Å². The second kappa shape index (κ2) is 11.9. The number of hydrogen-bond donors (Lipinski definition) is 1. The molecule has 35 heavy (non-hydrogen) atoms. The Balaban J connectivity index is 1.56. The zero-order chi connectivity index (χ0) is 24.6. The van der Waals surface area contributed by atoms with Gasteiger partial charge in [0.2, 0.25) is 11.8 Å². The molecular weight excluding hydrogens is 508 g/mol. The molecule has 0 bridgehead atoms. The first-order valence-corrected chi connectivity index (χ1v) is 12.5. The average molecular weight is 537 g/mol. The summed E-state index contributed by atoms with van der Waals surface area (Å²) in [6.07, 6.45) is 1.25. The monoisotopic (exact) mass is 536 g/mol. The molecule has 182 valence electrons.